The summed E-state index contributed by atoms with van der Waals surface area (Å²) < 4.78 is 0. The van der Waals surface area contributed by atoms with Crippen LogP contribution < -0.4 is 5.32 Å². The van der Waals surface area contributed by atoms with Gasteiger partial charge < -0.3 is 10.2 Å². The minimum Gasteiger partial charge on any atom is -0.356 e. The molecule has 0 aliphatic carbocycles. The maximum absolute atomic E-state index is 10.5. The van der Waals surface area contributed by atoms with E-state index in [0.29, 0.717) is 6.41 Å². The summed E-state index contributed by atoms with van der Waals surface area (Å²) in [6.07, 6.45) is 3.26. The molecule has 2 amide bonds. The Morgan fingerprint density at radius 1 is 1.60 bits per heavy atom. The van der Waals surface area contributed by atoms with E-state index in [9.17, 15) is 9.59 Å². The van der Waals surface area contributed by atoms with Gasteiger partial charge in [-0.25, -0.2) is 0 Å². The van der Waals surface area contributed by atoms with E-state index >= 15 is 0 Å². The van der Waals surface area contributed by atoms with Crippen molar-refractivity contribution in [1.82, 2.24) is 10.2 Å². The van der Waals surface area contributed by atoms with Gasteiger partial charge in [0.25, 0.3) is 0 Å². The highest BCUT2D eigenvalue weighted by Crippen LogP contribution is 1.77. The Morgan fingerprint density at radius 2 is 2.20 bits per heavy atom. The first-order valence-electron chi connectivity index (χ1n) is 2.78. The molecular formula is C6H10N2O2. The highest BCUT2D eigenvalue weighted by atomic mass is 16.1. The summed E-state index contributed by atoms with van der Waals surface area (Å²) in [5.74, 6) is -0.228. The lowest BCUT2D eigenvalue weighted by molar-refractivity contribution is -0.116. The maximum atomic E-state index is 10.5. The molecule has 4 heteroatoms. The molecule has 0 spiro atoms. The molecule has 0 saturated carbocycles. The molecule has 0 unspecified atom stereocenters. The zero-order valence-corrected chi connectivity index (χ0v) is 6.00. The Balaban J connectivity index is 3.74. The van der Waals surface area contributed by atoms with Gasteiger partial charge in [0.15, 0.2) is 0 Å². The summed E-state index contributed by atoms with van der Waals surface area (Å²) in [5, 5.41) is 2.38. The van der Waals surface area contributed by atoms with E-state index in [4.69, 9.17) is 0 Å². The molecule has 0 atom stereocenters. The van der Waals surface area contributed by atoms with Crippen LogP contribution in [0.3, 0.4) is 0 Å². The van der Waals surface area contributed by atoms with Gasteiger partial charge in [-0.1, -0.05) is 0 Å². The smallest absolute Gasteiger partial charge is 0.245 e. The predicted octanol–water partition coefficient (Wildman–Crippen LogP) is -0.666. The molecule has 0 saturated heterocycles. The summed E-state index contributed by atoms with van der Waals surface area (Å²) in [6.45, 7) is 0. The minimum absolute atomic E-state index is 0.228. The molecule has 1 N–H and O–H groups in total. The van der Waals surface area contributed by atoms with Crippen LogP contribution >= 0.6 is 0 Å². The minimum atomic E-state index is -0.228. The number of likely N-dealkylation sites (N-methyl/N-ethyl adjacent to an activating group) is 1. The van der Waals surface area contributed by atoms with Crippen molar-refractivity contribution in [3.8, 4) is 0 Å². The molecule has 4 nitrogen and oxygen atoms in total. The van der Waals surface area contributed by atoms with E-state index in [1.54, 1.807) is 7.05 Å². The van der Waals surface area contributed by atoms with Gasteiger partial charge in [0.2, 0.25) is 12.3 Å². The van der Waals surface area contributed by atoms with Gasteiger partial charge in [-0.05, 0) is 0 Å². The topological polar surface area (TPSA) is 49.4 Å². The van der Waals surface area contributed by atoms with Gasteiger partial charge in [-0.15, -0.1) is 0 Å². The molecule has 0 rings (SSSR count). The van der Waals surface area contributed by atoms with Crippen molar-refractivity contribution in [2.45, 2.75) is 0 Å². The summed E-state index contributed by atoms with van der Waals surface area (Å²) in [7, 11) is 3.07. The van der Waals surface area contributed by atoms with Crippen LogP contribution in [0, 0.1) is 0 Å². The van der Waals surface area contributed by atoms with Gasteiger partial charge >= 0.3 is 0 Å². The van der Waals surface area contributed by atoms with Crippen LogP contribution in [0.25, 0.3) is 0 Å². The van der Waals surface area contributed by atoms with Crippen LogP contribution in [0.15, 0.2) is 12.3 Å². The van der Waals surface area contributed by atoms with Crippen molar-refractivity contribution in [2.24, 2.45) is 0 Å². The zero-order chi connectivity index (χ0) is 7.98. The summed E-state index contributed by atoms with van der Waals surface area (Å²) in [6, 6.07) is 0. The standard InChI is InChI=1S/C6H10N2O2/c1-7-6(10)3-4-8(2)5-9/h3-5H,1-2H3,(H,7,10)/b4-3-. The molecule has 0 aromatic heterocycles. The number of nitrogens with one attached hydrogen (secondary N) is 1. The molecule has 0 radical (unpaired) electrons. The Morgan fingerprint density at radius 3 is 2.60 bits per heavy atom. The van der Waals surface area contributed by atoms with Crippen molar-refractivity contribution >= 4 is 12.3 Å². The summed E-state index contributed by atoms with van der Waals surface area (Å²) in [4.78, 5) is 21.7. The van der Waals surface area contributed by atoms with E-state index in [1.165, 1.54) is 24.2 Å². The molecule has 10 heavy (non-hydrogen) atoms. The average molecular weight is 142 g/mol. The fourth-order valence-electron chi connectivity index (χ4n) is 0.304. The summed E-state index contributed by atoms with van der Waals surface area (Å²) in [5.41, 5.74) is 0. The first kappa shape index (κ1) is 8.68. The third kappa shape index (κ3) is 3.65. The van der Waals surface area contributed by atoms with Crippen molar-refractivity contribution in [2.75, 3.05) is 14.1 Å². The molecule has 0 bridgehead atoms. The number of rotatable bonds is 3. The van der Waals surface area contributed by atoms with Crippen LogP contribution in [-0.4, -0.2) is 31.3 Å². The van der Waals surface area contributed by atoms with Gasteiger partial charge in [-0.2, -0.15) is 0 Å². The number of carbonyl (C=O) groups is 2. The van der Waals surface area contributed by atoms with Gasteiger partial charge in [0, 0.05) is 26.4 Å². The van der Waals surface area contributed by atoms with E-state index in [1.807, 2.05) is 0 Å². The monoisotopic (exact) mass is 142 g/mol. The third-order valence-corrected chi connectivity index (χ3v) is 0.874. The second kappa shape index (κ2) is 4.55. The Hall–Kier alpha value is -1.32. The lowest BCUT2D eigenvalue weighted by atomic mass is 10.5. The Kier molecular flexibility index (Phi) is 3.95. The van der Waals surface area contributed by atoms with Crippen molar-refractivity contribution < 1.29 is 9.59 Å². The van der Waals surface area contributed by atoms with E-state index in [-0.39, 0.29) is 5.91 Å². The molecule has 0 fully saturated rings. The highest BCUT2D eigenvalue weighted by molar-refractivity contribution is 5.87. The molecule has 56 valence electrons. The summed E-state index contributed by atoms with van der Waals surface area (Å²) >= 11 is 0. The number of nitrogens with zero attached hydrogens (tertiary/aromatic N) is 1. The van der Waals surface area contributed by atoms with Crippen LogP contribution in [0.2, 0.25) is 0 Å². The predicted molar refractivity (Wildman–Crippen MR) is 37.0 cm³/mol. The second-order valence-corrected chi connectivity index (χ2v) is 1.70. The number of carbonyl (C=O) groups excluding carboxylic acids is 2. The average Bonchev–Trinajstić information content (AvgIpc) is 1.99. The SMILES string of the molecule is CNC(=O)/C=C\N(C)C=O. The Labute approximate surface area is 59.5 Å². The molecule has 0 aliphatic rings. The molecule has 0 heterocycles. The van der Waals surface area contributed by atoms with Gasteiger partial charge in [-0.3, -0.25) is 9.59 Å². The largest absolute Gasteiger partial charge is 0.356 e. The first-order chi connectivity index (χ1) is 4.70. The van der Waals surface area contributed by atoms with Gasteiger partial charge in [0.05, 0.1) is 0 Å². The van der Waals surface area contributed by atoms with Crippen LogP contribution in [0.1, 0.15) is 0 Å². The Bertz CT molecular complexity index is 154. The number of hydrogen-bond acceptors (Lipinski definition) is 2. The first-order valence-corrected chi connectivity index (χ1v) is 2.78. The lowest BCUT2D eigenvalue weighted by Gasteiger charge is -1.99. The highest BCUT2D eigenvalue weighted by Gasteiger charge is 1.88. The zero-order valence-electron chi connectivity index (χ0n) is 6.00. The fraction of sp³-hybridized carbons (Fsp3) is 0.333. The van der Waals surface area contributed by atoms with Crippen LogP contribution in [0.5, 0.6) is 0 Å². The van der Waals surface area contributed by atoms with E-state index in [2.05, 4.69) is 5.32 Å². The molecule has 0 aromatic rings. The van der Waals surface area contributed by atoms with Crippen LogP contribution in [0.4, 0.5) is 0 Å². The number of hydrogen-bond donors (Lipinski definition) is 1. The quantitative estimate of drug-likeness (QED) is 0.420. The molecule has 0 aliphatic heterocycles. The van der Waals surface area contributed by atoms with Crippen LogP contribution in [-0.2, 0) is 9.59 Å². The molecule has 0 aromatic carbocycles. The normalized spacial score (nSPS) is 9.40. The van der Waals surface area contributed by atoms with Crippen molar-refractivity contribution in [1.29, 1.82) is 0 Å². The third-order valence-electron chi connectivity index (χ3n) is 0.874. The van der Waals surface area contributed by atoms with E-state index in [0.717, 1.165) is 0 Å². The van der Waals surface area contributed by atoms with Crippen molar-refractivity contribution in [3.63, 3.8) is 0 Å². The lowest BCUT2D eigenvalue weighted by Crippen LogP contribution is -2.16. The maximum Gasteiger partial charge on any atom is 0.245 e. The molecular weight excluding hydrogens is 132 g/mol. The second-order valence-electron chi connectivity index (χ2n) is 1.70. The fourth-order valence-corrected chi connectivity index (χ4v) is 0.304. The van der Waals surface area contributed by atoms with Crippen molar-refractivity contribution in [3.05, 3.63) is 12.3 Å². The van der Waals surface area contributed by atoms with E-state index < -0.39 is 0 Å². The van der Waals surface area contributed by atoms with Gasteiger partial charge in [0.1, 0.15) is 0 Å². The number of amides is 2.